The Labute approximate surface area is 179 Å². The highest BCUT2D eigenvalue weighted by Crippen LogP contribution is 2.33. The number of carboxylic acids is 1. The van der Waals surface area contributed by atoms with Crippen LogP contribution in [0.2, 0.25) is 0 Å². The Morgan fingerprint density at radius 1 is 1.09 bits per heavy atom. The number of nitrogens with zero attached hydrogens (tertiary/aromatic N) is 2. The number of hydrogen-bond acceptors (Lipinski definition) is 4. The second-order valence-corrected chi connectivity index (χ2v) is 6.99. The van der Waals surface area contributed by atoms with Gasteiger partial charge >= 0.3 is 12.1 Å². The number of carbonyl (C=O) groups is 2. The molecule has 0 fully saturated rings. The number of halogens is 3. The number of para-hydroxylation sites is 1. The lowest BCUT2D eigenvalue weighted by Gasteiger charge is -2.10. The first-order valence-corrected chi connectivity index (χ1v) is 9.36. The standard InChI is InChI=1S/C23H15F3N2O4/c1-13-11-14(22(30)31)7-9-17(13)19-10-8-16(32-19)12-18-20(23(24,25)26)27-28(21(18)29)15-5-3-2-4-6-15/h2-12H,1H3,(H,30,31)/b18-12-. The molecule has 3 aromatic rings. The lowest BCUT2D eigenvalue weighted by atomic mass is 10.0. The van der Waals surface area contributed by atoms with Gasteiger partial charge < -0.3 is 9.52 Å². The predicted molar refractivity (Wildman–Crippen MR) is 111 cm³/mol. The molecule has 6 nitrogen and oxygen atoms in total. The fraction of sp³-hybridized carbons (Fsp3) is 0.0870. The van der Waals surface area contributed by atoms with Crippen LogP contribution in [0.15, 0.2) is 75.8 Å². The van der Waals surface area contributed by atoms with E-state index >= 15 is 0 Å². The summed E-state index contributed by atoms with van der Waals surface area (Å²) in [6.07, 6.45) is -3.84. The molecule has 0 atom stereocenters. The molecule has 1 aromatic heterocycles. The van der Waals surface area contributed by atoms with Crippen molar-refractivity contribution in [1.29, 1.82) is 0 Å². The highest BCUT2D eigenvalue weighted by molar-refractivity contribution is 6.34. The number of carbonyl (C=O) groups excluding carboxylic acids is 1. The van der Waals surface area contributed by atoms with Crippen LogP contribution in [-0.2, 0) is 4.79 Å². The van der Waals surface area contributed by atoms with E-state index in [9.17, 15) is 22.8 Å². The maximum atomic E-state index is 13.6. The maximum Gasteiger partial charge on any atom is 0.435 e. The van der Waals surface area contributed by atoms with Gasteiger partial charge in [0.15, 0.2) is 5.71 Å². The van der Waals surface area contributed by atoms with Crippen molar-refractivity contribution in [2.75, 3.05) is 5.01 Å². The first-order valence-electron chi connectivity index (χ1n) is 9.36. The van der Waals surface area contributed by atoms with E-state index in [-0.39, 0.29) is 17.0 Å². The summed E-state index contributed by atoms with van der Waals surface area (Å²) >= 11 is 0. The van der Waals surface area contributed by atoms with Gasteiger partial charge in [-0.25, -0.2) is 4.79 Å². The van der Waals surface area contributed by atoms with Gasteiger partial charge in [0.25, 0.3) is 5.91 Å². The molecular formula is C23H15F3N2O4. The summed E-state index contributed by atoms with van der Waals surface area (Å²) in [5.74, 6) is -1.66. The van der Waals surface area contributed by atoms with Gasteiger partial charge in [0.2, 0.25) is 0 Å². The summed E-state index contributed by atoms with van der Waals surface area (Å²) in [5.41, 5.74) is -0.455. The SMILES string of the molecule is Cc1cc(C(=O)O)ccc1-c1ccc(/C=C2\C(=O)N(c3ccccc3)N=C2C(F)(F)F)o1. The summed E-state index contributed by atoms with van der Waals surface area (Å²) in [6, 6.07) is 15.2. The molecule has 1 aliphatic heterocycles. The maximum absolute atomic E-state index is 13.6. The number of alkyl halides is 3. The van der Waals surface area contributed by atoms with Gasteiger partial charge in [-0.1, -0.05) is 24.3 Å². The smallest absolute Gasteiger partial charge is 0.435 e. The van der Waals surface area contributed by atoms with Crippen molar-refractivity contribution in [2.45, 2.75) is 13.1 Å². The van der Waals surface area contributed by atoms with E-state index < -0.39 is 29.3 Å². The van der Waals surface area contributed by atoms with E-state index in [1.54, 1.807) is 31.2 Å². The van der Waals surface area contributed by atoms with Crippen LogP contribution >= 0.6 is 0 Å². The van der Waals surface area contributed by atoms with Crippen molar-refractivity contribution < 1.29 is 32.3 Å². The zero-order valence-corrected chi connectivity index (χ0v) is 16.6. The average molecular weight is 440 g/mol. The van der Waals surface area contributed by atoms with Gasteiger partial charge in [-0.2, -0.15) is 23.3 Å². The summed E-state index contributed by atoms with van der Waals surface area (Å²) in [6.45, 7) is 1.69. The molecule has 1 aliphatic rings. The Bertz CT molecular complexity index is 1270. The third-order valence-corrected chi connectivity index (χ3v) is 4.80. The first kappa shape index (κ1) is 21.1. The molecule has 162 valence electrons. The monoisotopic (exact) mass is 440 g/mol. The van der Waals surface area contributed by atoms with Crippen molar-refractivity contribution in [3.63, 3.8) is 0 Å². The van der Waals surface area contributed by atoms with E-state index in [1.807, 2.05) is 0 Å². The first-order chi connectivity index (χ1) is 15.1. The second-order valence-electron chi connectivity index (χ2n) is 6.99. The number of carboxylic acid groups (broad SMARTS) is 1. The topological polar surface area (TPSA) is 83.1 Å². The molecule has 0 bridgehead atoms. The van der Waals surface area contributed by atoms with Crippen LogP contribution < -0.4 is 5.01 Å². The molecule has 0 saturated heterocycles. The van der Waals surface area contributed by atoms with Crippen LogP contribution in [0.25, 0.3) is 17.4 Å². The Balaban J connectivity index is 1.71. The number of anilines is 1. The highest BCUT2D eigenvalue weighted by atomic mass is 19.4. The Morgan fingerprint density at radius 2 is 1.81 bits per heavy atom. The van der Waals surface area contributed by atoms with E-state index in [2.05, 4.69) is 5.10 Å². The zero-order chi connectivity index (χ0) is 23.0. The number of hydrazone groups is 1. The van der Waals surface area contributed by atoms with Gasteiger partial charge in [-0.3, -0.25) is 4.79 Å². The highest BCUT2D eigenvalue weighted by Gasteiger charge is 2.47. The number of hydrogen-bond donors (Lipinski definition) is 1. The van der Waals surface area contributed by atoms with Crippen molar-refractivity contribution in [3.8, 4) is 11.3 Å². The van der Waals surface area contributed by atoms with Gasteiger partial charge in [0, 0.05) is 5.56 Å². The molecule has 9 heteroatoms. The van der Waals surface area contributed by atoms with Crippen molar-refractivity contribution in [1.82, 2.24) is 0 Å². The molecule has 2 aromatic carbocycles. The van der Waals surface area contributed by atoms with Crippen LogP contribution in [-0.4, -0.2) is 28.9 Å². The predicted octanol–water partition coefficient (Wildman–Crippen LogP) is 5.30. The molecule has 0 saturated carbocycles. The fourth-order valence-electron chi connectivity index (χ4n) is 3.29. The third-order valence-electron chi connectivity index (χ3n) is 4.80. The van der Waals surface area contributed by atoms with Gasteiger partial charge in [-0.15, -0.1) is 0 Å². The molecule has 0 radical (unpaired) electrons. The quantitative estimate of drug-likeness (QED) is 0.558. The van der Waals surface area contributed by atoms with E-state index in [1.165, 1.54) is 36.4 Å². The fourth-order valence-corrected chi connectivity index (χ4v) is 3.29. The average Bonchev–Trinajstić information content (AvgIpc) is 3.33. The number of aryl methyl sites for hydroxylation is 1. The van der Waals surface area contributed by atoms with Crippen molar-refractivity contribution in [3.05, 3.63) is 83.1 Å². The number of aromatic carboxylic acids is 1. The van der Waals surface area contributed by atoms with E-state index in [4.69, 9.17) is 9.52 Å². The minimum absolute atomic E-state index is 0.0249. The Kier molecular flexibility index (Phi) is 5.17. The van der Waals surface area contributed by atoms with E-state index in [0.717, 1.165) is 6.08 Å². The molecule has 4 rings (SSSR count). The third kappa shape index (κ3) is 3.92. The van der Waals surface area contributed by atoms with Crippen LogP contribution in [0.5, 0.6) is 0 Å². The zero-order valence-electron chi connectivity index (χ0n) is 16.6. The minimum Gasteiger partial charge on any atom is -0.478 e. The largest absolute Gasteiger partial charge is 0.478 e. The Hall–Kier alpha value is -4.14. The van der Waals surface area contributed by atoms with Crippen LogP contribution in [0, 0.1) is 6.92 Å². The van der Waals surface area contributed by atoms with Gasteiger partial charge in [-0.05, 0) is 55.0 Å². The van der Waals surface area contributed by atoms with Gasteiger partial charge in [0.05, 0.1) is 16.8 Å². The molecule has 0 unspecified atom stereocenters. The number of benzene rings is 2. The van der Waals surface area contributed by atoms with E-state index in [0.29, 0.717) is 21.9 Å². The second kappa shape index (κ2) is 7.84. The number of furan rings is 1. The van der Waals surface area contributed by atoms with Crippen LogP contribution in [0.4, 0.5) is 18.9 Å². The molecule has 0 aliphatic carbocycles. The normalized spacial score (nSPS) is 15.4. The van der Waals surface area contributed by atoms with Crippen LogP contribution in [0.3, 0.4) is 0 Å². The van der Waals surface area contributed by atoms with Crippen molar-refractivity contribution in [2.24, 2.45) is 5.10 Å². The summed E-state index contributed by atoms with van der Waals surface area (Å²) in [7, 11) is 0. The lowest BCUT2D eigenvalue weighted by molar-refractivity contribution is -0.114. The molecule has 1 amide bonds. The summed E-state index contributed by atoms with van der Waals surface area (Å²) < 4.78 is 46.4. The minimum atomic E-state index is -4.84. The molecule has 1 N–H and O–H groups in total. The van der Waals surface area contributed by atoms with Gasteiger partial charge in [0.1, 0.15) is 11.5 Å². The van der Waals surface area contributed by atoms with Crippen molar-refractivity contribution >= 4 is 29.4 Å². The van der Waals surface area contributed by atoms with Crippen LogP contribution in [0.1, 0.15) is 21.7 Å². The molecule has 0 spiro atoms. The molecule has 32 heavy (non-hydrogen) atoms. The number of amides is 1. The lowest BCUT2D eigenvalue weighted by Crippen LogP contribution is -2.25. The Morgan fingerprint density at radius 3 is 2.44 bits per heavy atom. The molecular weight excluding hydrogens is 425 g/mol. The summed E-state index contributed by atoms with van der Waals surface area (Å²) in [5, 5.41) is 13.3. The summed E-state index contributed by atoms with van der Waals surface area (Å²) in [4.78, 5) is 23.8. The number of rotatable bonds is 4. The molecule has 2 heterocycles.